The third-order valence-electron chi connectivity index (χ3n) is 4.44. The molecule has 0 spiro atoms. The van der Waals surface area contributed by atoms with Gasteiger partial charge >= 0.3 is 0 Å². The molecular weight excluding hydrogens is 396 g/mol. The number of sulfonamides is 1. The fourth-order valence-electron chi connectivity index (χ4n) is 2.80. The van der Waals surface area contributed by atoms with Crippen LogP contribution in [-0.2, 0) is 21.8 Å². The molecule has 3 rings (SSSR count). The van der Waals surface area contributed by atoms with E-state index in [1.807, 2.05) is 0 Å². The Balaban J connectivity index is 1.96. The molecule has 0 saturated heterocycles. The lowest BCUT2D eigenvalue weighted by Crippen LogP contribution is -2.45. The molecule has 0 saturated carbocycles. The molecule has 2 heterocycles. The van der Waals surface area contributed by atoms with E-state index in [1.54, 1.807) is 6.92 Å². The summed E-state index contributed by atoms with van der Waals surface area (Å²) in [5.41, 5.74) is -0.0600. The number of hydrogen-bond donors (Lipinski definition) is 2. The van der Waals surface area contributed by atoms with Crippen LogP contribution in [-0.4, -0.2) is 44.8 Å². The molecule has 28 heavy (non-hydrogen) atoms. The van der Waals surface area contributed by atoms with Crippen molar-refractivity contribution in [3.63, 3.8) is 0 Å². The van der Waals surface area contributed by atoms with Crippen molar-refractivity contribution >= 4 is 21.6 Å². The average molecular weight is 415 g/mol. The molecule has 1 aromatic carbocycles. The Labute approximate surface area is 160 Å². The van der Waals surface area contributed by atoms with Crippen LogP contribution in [0, 0.1) is 11.6 Å². The molecule has 8 nitrogen and oxygen atoms in total. The predicted octanol–water partition coefficient (Wildman–Crippen LogP) is 1.63. The number of nitrogens with one attached hydrogen (secondary N) is 2. The maximum atomic E-state index is 13.4. The molecule has 1 amide bonds. The van der Waals surface area contributed by atoms with E-state index < -0.39 is 39.7 Å². The maximum Gasteiger partial charge on any atom is 0.276 e. The Morgan fingerprint density at radius 2 is 2.11 bits per heavy atom. The summed E-state index contributed by atoms with van der Waals surface area (Å²) in [6.07, 6.45) is 0.782. The zero-order valence-corrected chi connectivity index (χ0v) is 16.1. The highest BCUT2D eigenvalue weighted by molar-refractivity contribution is 7.89. The molecule has 2 atom stereocenters. The fourth-order valence-corrected chi connectivity index (χ4v) is 4.28. The van der Waals surface area contributed by atoms with Gasteiger partial charge in [0, 0.05) is 32.1 Å². The van der Waals surface area contributed by atoms with Gasteiger partial charge < -0.3 is 19.4 Å². The fraction of sp³-hybridized carbons (Fsp3) is 0.353. The number of amides is 1. The van der Waals surface area contributed by atoms with Crippen molar-refractivity contribution in [1.82, 2.24) is 9.29 Å². The minimum atomic E-state index is -3.97. The molecule has 152 valence electrons. The Bertz CT molecular complexity index is 1020. The maximum absolute atomic E-state index is 13.4. The molecule has 1 unspecified atom stereocenters. The normalized spacial score (nSPS) is 19.2. The highest BCUT2D eigenvalue weighted by Gasteiger charge is 2.36. The number of fused-ring (bicyclic) bond motifs is 1. The first-order valence-corrected chi connectivity index (χ1v) is 9.76. The van der Waals surface area contributed by atoms with Crippen LogP contribution in [0.1, 0.15) is 17.4 Å². The van der Waals surface area contributed by atoms with Crippen molar-refractivity contribution in [3.05, 3.63) is 41.7 Å². The van der Waals surface area contributed by atoms with E-state index in [0.717, 1.165) is 12.1 Å². The van der Waals surface area contributed by atoms with E-state index in [2.05, 4.69) is 10.0 Å². The summed E-state index contributed by atoms with van der Waals surface area (Å²) in [5.74, 6) is -3.03. The average Bonchev–Trinajstić information content (AvgIpc) is 2.92. The van der Waals surface area contributed by atoms with E-state index in [0.29, 0.717) is 0 Å². The van der Waals surface area contributed by atoms with Crippen LogP contribution in [0.2, 0.25) is 0 Å². The van der Waals surface area contributed by atoms with Crippen LogP contribution in [0.5, 0.6) is 5.75 Å². The number of carbonyl (C=O) groups excluding carboxylic acids is 1. The van der Waals surface area contributed by atoms with Crippen molar-refractivity contribution in [2.24, 2.45) is 7.05 Å². The number of benzene rings is 1. The topological polar surface area (TPSA) is 98.7 Å². The van der Waals surface area contributed by atoms with Gasteiger partial charge in [-0.2, -0.15) is 0 Å². The summed E-state index contributed by atoms with van der Waals surface area (Å²) in [7, 11) is -1.05. The summed E-state index contributed by atoms with van der Waals surface area (Å²) in [6, 6.07) is 2.23. The van der Waals surface area contributed by atoms with E-state index in [1.165, 1.54) is 31.0 Å². The standard InChI is InChI=1S/C17H19F2N3O5S/c1-9(26-3)13-8-27-16-14(28(24,25)21-13)7-22(2)15(16)17(23)20-10-4-5-11(18)12(19)6-10/h4-7,9,13,21H,8H2,1-3H3,(H,20,23)/t9?,13-/m1/s1. The monoisotopic (exact) mass is 415 g/mol. The lowest BCUT2D eigenvalue weighted by molar-refractivity contribution is 0.0723. The second-order valence-electron chi connectivity index (χ2n) is 6.34. The van der Waals surface area contributed by atoms with Gasteiger partial charge in [0.05, 0.1) is 12.1 Å². The Hall–Kier alpha value is -2.50. The second-order valence-corrected chi connectivity index (χ2v) is 8.03. The summed E-state index contributed by atoms with van der Waals surface area (Å²) in [6.45, 7) is 1.62. The number of anilines is 1. The van der Waals surface area contributed by atoms with Crippen molar-refractivity contribution < 1.29 is 31.5 Å². The van der Waals surface area contributed by atoms with Crippen molar-refractivity contribution in [1.29, 1.82) is 0 Å². The molecule has 1 aliphatic rings. The number of ether oxygens (including phenoxy) is 2. The molecule has 11 heteroatoms. The first-order chi connectivity index (χ1) is 13.1. The number of nitrogens with zero attached hydrogens (tertiary/aromatic N) is 1. The molecule has 0 aliphatic carbocycles. The van der Waals surface area contributed by atoms with Gasteiger partial charge in [-0.1, -0.05) is 0 Å². The van der Waals surface area contributed by atoms with Gasteiger partial charge in [0.15, 0.2) is 23.1 Å². The highest BCUT2D eigenvalue weighted by atomic mass is 32.2. The SMILES string of the molecule is COC(C)[C@H]1COc2c(cn(C)c2C(=O)Nc2ccc(F)c(F)c2)S(=O)(=O)N1. The number of carbonyl (C=O) groups is 1. The van der Waals surface area contributed by atoms with E-state index >= 15 is 0 Å². The highest BCUT2D eigenvalue weighted by Crippen LogP contribution is 2.33. The molecule has 0 radical (unpaired) electrons. The van der Waals surface area contributed by atoms with Crippen LogP contribution in [0.4, 0.5) is 14.5 Å². The van der Waals surface area contributed by atoms with Gasteiger partial charge in [-0.25, -0.2) is 21.9 Å². The van der Waals surface area contributed by atoms with Gasteiger partial charge in [0.1, 0.15) is 11.5 Å². The first kappa shape index (κ1) is 20.2. The molecule has 2 N–H and O–H groups in total. The summed E-state index contributed by atoms with van der Waals surface area (Å²) in [4.78, 5) is 12.5. The quantitative estimate of drug-likeness (QED) is 0.791. The zero-order chi connectivity index (χ0) is 20.6. The number of methoxy groups -OCH3 is 1. The van der Waals surface area contributed by atoms with Gasteiger partial charge in [0.25, 0.3) is 5.91 Å². The third kappa shape index (κ3) is 3.73. The molecular formula is C17H19F2N3O5S. The van der Waals surface area contributed by atoms with E-state index in [4.69, 9.17) is 9.47 Å². The summed E-state index contributed by atoms with van der Waals surface area (Å²) < 4.78 is 66.4. The second kappa shape index (κ2) is 7.49. The van der Waals surface area contributed by atoms with Crippen LogP contribution in [0.3, 0.4) is 0 Å². The minimum absolute atomic E-state index is 0.0133. The van der Waals surface area contributed by atoms with Crippen molar-refractivity contribution in [2.75, 3.05) is 19.0 Å². The molecule has 2 aromatic rings. The van der Waals surface area contributed by atoms with E-state index in [-0.39, 0.29) is 28.6 Å². The van der Waals surface area contributed by atoms with Crippen LogP contribution in [0.25, 0.3) is 0 Å². The summed E-state index contributed by atoms with van der Waals surface area (Å²) in [5, 5.41) is 2.41. The smallest absolute Gasteiger partial charge is 0.276 e. The lowest BCUT2D eigenvalue weighted by Gasteiger charge is -2.21. The number of aromatic nitrogens is 1. The molecule has 1 aliphatic heterocycles. The Morgan fingerprint density at radius 3 is 2.75 bits per heavy atom. The predicted molar refractivity (Wildman–Crippen MR) is 95.8 cm³/mol. The summed E-state index contributed by atoms with van der Waals surface area (Å²) >= 11 is 0. The van der Waals surface area contributed by atoms with Gasteiger partial charge in [0.2, 0.25) is 10.0 Å². The molecule has 0 bridgehead atoms. The first-order valence-electron chi connectivity index (χ1n) is 8.27. The van der Waals surface area contributed by atoms with Crippen LogP contribution < -0.4 is 14.8 Å². The van der Waals surface area contributed by atoms with Gasteiger partial charge in [-0.15, -0.1) is 0 Å². The number of rotatable bonds is 4. The van der Waals surface area contributed by atoms with Crippen molar-refractivity contribution in [2.45, 2.75) is 24.0 Å². The molecule has 1 aromatic heterocycles. The Kier molecular flexibility index (Phi) is 5.41. The largest absolute Gasteiger partial charge is 0.488 e. The molecule has 0 fully saturated rings. The van der Waals surface area contributed by atoms with Gasteiger partial charge in [-0.05, 0) is 19.1 Å². The Morgan fingerprint density at radius 1 is 1.39 bits per heavy atom. The number of aryl methyl sites for hydroxylation is 1. The third-order valence-corrected chi connectivity index (χ3v) is 5.92. The zero-order valence-electron chi connectivity index (χ0n) is 15.3. The minimum Gasteiger partial charge on any atom is -0.488 e. The van der Waals surface area contributed by atoms with Crippen molar-refractivity contribution in [3.8, 4) is 5.75 Å². The van der Waals surface area contributed by atoms with Gasteiger partial charge in [-0.3, -0.25) is 4.79 Å². The van der Waals surface area contributed by atoms with E-state index in [9.17, 15) is 22.0 Å². The lowest BCUT2D eigenvalue weighted by atomic mass is 10.2. The van der Waals surface area contributed by atoms with Crippen LogP contribution >= 0.6 is 0 Å². The number of hydrogen-bond acceptors (Lipinski definition) is 5. The number of halogens is 2. The van der Waals surface area contributed by atoms with Crippen LogP contribution in [0.15, 0.2) is 29.3 Å².